The first-order valence-electron chi connectivity index (χ1n) is 11.5. The Morgan fingerprint density at radius 2 is 1.22 bits per heavy atom. The van der Waals surface area contributed by atoms with Gasteiger partial charge >= 0.3 is 5.97 Å². The number of rotatable bonds is 18. The standard InChI is InChI=1S/C18H36O2.C5H14N2/c1-17(2)15-13-11-9-7-5-3-4-6-8-10-12-14-16-18(19)20;1-4-5-6-7(2)3/h17H,3-16H2,1-2H3,(H,19,20);6H,4-5H2,1-3H3. The lowest BCUT2D eigenvalue weighted by Crippen LogP contribution is -2.30. The molecule has 0 bridgehead atoms. The Morgan fingerprint density at radius 3 is 1.52 bits per heavy atom. The van der Waals surface area contributed by atoms with Gasteiger partial charge in [0.05, 0.1) is 0 Å². The van der Waals surface area contributed by atoms with E-state index in [1.807, 2.05) is 19.1 Å². The summed E-state index contributed by atoms with van der Waals surface area (Å²) in [6.45, 7) is 7.84. The zero-order chi connectivity index (χ0) is 20.8. The molecule has 0 aliphatic heterocycles. The van der Waals surface area contributed by atoms with Crippen LogP contribution in [0.4, 0.5) is 0 Å². The summed E-state index contributed by atoms with van der Waals surface area (Å²) in [6.07, 6.45) is 18.5. The van der Waals surface area contributed by atoms with Crippen LogP contribution >= 0.6 is 0 Å². The van der Waals surface area contributed by atoms with Crippen molar-refractivity contribution in [2.75, 3.05) is 20.6 Å². The molecule has 27 heavy (non-hydrogen) atoms. The van der Waals surface area contributed by atoms with E-state index < -0.39 is 5.97 Å². The second kappa shape index (κ2) is 23.4. The van der Waals surface area contributed by atoms with Crippen molar-refractivity contribution >= 4 is 5.97 Å². The predicted octanol–water partition coefficient (Wildman–Crippen LogP) is 6.65. The highest BCUT2D eigenvalue weighted by Gasteiger charge is 1.97. The molecule has 0 aromatic carbocycles. The molecule has 0 spiro atoms. The van der Waals surface area contributed by atoms with Crippen molar-refractivity contribution in [1.82, 2.24) is 10.4 Å². The summed E-state index contributed by atoms with van der Waals surface area (Å²) in [7, 11) is 3.99. The fourth-order valence-corrected chi connectivity index (χ4v) is 2.93. The first-order chi connectivity index (χ1) is 12.9. The van der Waals surface area contributed by atoms with Crippen LogP contribution in [-0.2, 0) is 4.79 Å². The average molecular weight is 387 g/mol. The van der Waals surface area contributed by atoms with Crippen molar-refractivity contribution in [2.24, 2.45) is 5.92 Å². The lowest BCUT2D eigenvalue weighted by molar-refractivity contribution is -0.137. The largest absolute Gasteiger partial charge is 0.481 e. The number of hydrazine groups is 1. The summed E-state index contributed by atoms with van der Waals surface area (Å²) in [5.74, 6) is 0.212. The molecule has 0 aliphatic rings. The van der Waals surface area contributed by atoms with E-state index >= 15 is 0 Å². The number of hydrogen-bond donors (Lipinski definition) is 2. The van der Waals surface area contributed by atoms with E-state index in [0.717, 1.165) is 25.3 Å². The highest BCUT2D eigenvalue weighted by molar-refractivity contribution is 5.66. The molecule has 0 aliphatic carbocycles. The molecule has 0 saturated carbocycles. The maximum absolute atomic E-state index is 10.3. The first-order valence-corrected chi connectivity index (χ1v) is 11.5. The molecule has 0 saturated heterocycles. The summed E-state index contributed by atoms with van der Waals surface area (Å²) < 4.78 is 0. The van der Waals surface area contributed by atoms with Crippen molar-refractivity contribution in [3.05, 3.63) is 0 Å². The monoisotopic (exact) mass is 386 g/mol. The Bertz CT molecular complexity index is 294. The summed E-state index contributed by atoms with van der Waals surface area (Å²) in [5, 5.41) is 10.5. The molecule has 4 heteroatoms. The molecule has 0 fully saturated rings. The van der Waals surface area contributed by atoms with Crippen molar-refractivity contribution in [2.45, 2.75) is 117 Å². The third kappa shape index (κ3) is 33.4. The molecular weight excluding hydrogens is 336 g/mol. The number of aliphatic carboxylic acids is 1. The number of carbonyl (C=O) groups is 1. The molecule has 4 nitrogen and oxygen atoms in total. The molecule has 164 valence electrons. The van der Waals surface area contributed by atoms with Gasteiger partial charge in [-0.3, -0.25) is 15.2 Å². The third-order valence-electron chi connectivity index (χ3n) is 4.60. The number of hydrogen-bond acceptors (Lipinski definition) is 3. The van der Waals surface area contributed by atoms with Crippen LogP contribution in [0.3, 0.4) is 0 Å². The van der Waals surface area contributed by atoms with Gasteiger partial charge in [-0.25, -0.2) is 0 Å². The summed E-state index contributed by atoms with van der Waals surface area (Å²) in [6, 6.07) is 0. The van der Waals surface area contributed by atoms with Gasteiger partial charge in [0, 0.05) is 27.1 Å². The second-order valence-electron chi connectivity index (χ2n) is 8.37. The molecule has 0 rings (SSSR count). The average Bonchev–Trinajstić information content (AvgIpc) is 2.60. The number of carboxylic acids is 1. The normalized spacial score (nSPS) is 10.9. The maximum atomic E-state index is 10.3. The van der Waals surface area contributed by atoms with Crippen molar-refractivity contribution in [1.29, 1.82) is 0 Å². The van der Waals surface area contributed by atoms with Gasteiger partial charge in [-0.15, -0.1) is 0 Å². The third-order valence-corrected chi connectivity index (χ3v) is 4.60. The van der Waals surface area contributed by atoms with E-state index in [1.54, 1.807) is 0 Å². The highest BCUT2D eigenvalue weighted by Crippen LogP contribution is 2.14. The molecule has 0 heterocycles. The SMILES string of the molecule is CC(C)CCCCCCCCCCCCCCC(=O)O.CCCNN(C)C. The number of unbranched alkanes of at least 4 members (excludes halogenated alkanes) is 11. The van der Waals surface area contributed by atoms with Crippen molar-refractivity contribution < 1.29 is 9.90 Å². The first kappa shape index (κ1) is 28.6. The number of nitrogens with one attached hydrogen (secondary N) is 1. The molecule has 2 N–H and O–H groups in total. The van der Waals surface area contributed by atoms with Crippen LogP contribution in [0.25, 0.3) is 0 Å². The van der Waals surface area contributed by atoms with Gasteiger partial charge < -0.3 is 5.11 Å². The van der Waals surface area contributed by atoms with Gasteiger partial charge in [0.2, 0.25) is 0 Å². The number of carboxylic acid groups (broad SMARTS) is 1. The smallest absolute Gasteiger partial charge is 0.303 e. The van der Waals surface area contributed by atoms with E-state index in [9.17, 15) is 4.79 Å². The fraction of sp³-hybridized carbons (Fsp3) is 0.957. The second-order valence-corrected chi connectivity index (χ2v) is 8.37. The Labute approximate surface area is 170 Å². The van der Waals surface area contributed by atoms with Crippen LogP contribution in [0, 0.1) is 5.92 Å². The Kier molecular flexibility index (Phi) is 24.8. The van der Waals surface area contributed by atoms with Crippen molar-refractivity contribution in [3.63, 3.8) is 0 Å². The molecule has 0 atom stereocenters. The van der Waals surface area contributed by atoms with E-state index in [0.29, 0.717) is 6.42 Å². The molecule has 0 amide bonds. The highest BCUT2D eigenvalue weighted by atomic mass is 16.4. The van der Waals surface area contributed by atoms with Crippen LogP contribution in [0.2, 0.25) is 0 Å². The summed E-state index contributed by atoms with van der Waals surface area (Å²) in [4.78, 5) is 10.3. The minimum Gasteiger partial charge on any atom is -0.481 e. The Balaban J connectivity index is 0. The summed E-state index contributed by atoms with van der Waals surface area (Å²) >= 11 is 0. The van der Waals surface area contributed by atoms with E-state index in [1.165, 1.54) is 77.0 Å². The maximum Gasteiger partial charge on any atom is 0.303 e. The topological polar surface area (TPSA) is 52.6 Å². The minimum absolute atomic E-state index is 0.344. The lowest BCUT2D eigenvalue weighted by Gasteiger charge is -2.08. The zero-order valence-corrected chi connectivity index (χ0v) is 19.2. The van der Waals surface area contributed by atoms with E-state index in [4.69, 9.17) is 5.11 Å². The Hall–Kier alpha value is -0.610. The van der Waals surface area contributed by atoms with Crippen molar-refractivity contribution in [3.8, 4) is 0 Å². The van der Waals surface area contributed by atoms with Crippen LogP contribution in [-0.4, -0.2) is 36.7 Å². The van der Waals surface area contributed by atoms with Gasteiger partial charge in [0.25, 0.3) is 0 Å². The molecule has 0 unspecified atom stereocenters. The van der Waals surface area contributed by atoms with Gasteiger partial charge in [0.15, 0.2) is 0 Å². The van der Waals surface area contributed by atoms with Gasteiger partial charge in [-0.05, 0) is 18.8 Å². The predicted molar refractivity (Wildman–Crippen MR) is 119 cm³/mol. The zero-order valence-electron chi connectivity index (χ0n) is 19.2. The van der Waals surface area contributed by atoms with E-state index in [2.05, 4.69) is 26.2 Å². The molecule has 0 radical (unpaired) electrons. The minimum atomic E-state index is -0.654. The lowest BCUT2D eigenvalue weighted by atomic mass is 10.0. The van der Waals surface area contributed by atoms with Gasteiger partial charge in [0.1, 0.15) is 0 Å². The Morgan fingerprint density at radius 1 is 0.815 bits per heavy atom. The fourth-order valence-electron chi connectivity index (χ4n) is 2.93. The molecule has 0 aromatic heterocycles. The van der Waals surface area contributed by atoms with Crippen LogP contribution in [0.1, 0.15) is 117 Å². The molecular formula is C23H50N2O2. The van der Waals surface area contributed by atoms with E-state index in [-0.39, 0.29) is 0 Å². The molecule has 0 aromatic rings. The number of nitrogens with zero attached hydrogens (tertiary/aromatic N) is 1. The van der Waals surface area contributed by atoms with Crippen LogP contribution in [0.15, 0.2) is 0 Å². The van der Waals surface area contributed by atoms with Gasteiger partial charge in [-0.2, -0.15) is 0 Å². The summed E-state index contributed by atoms with van der Waals surface area (Å²) in [5.41, 5.74) is 3.13. The quantitative estimate of drug-likeness (QED) is 0.204. The van der Waals surface area contributed by atoms with Gasteiger partial charge in [-0.1, -0.05) is 97.8 Å². The van der Waals surface area contributed by atoms with Crippen LogP contribution < -0.4 is 5.43 Å². The van der Waals surface area contributed by atoms with Crippen LogP contribution in [0.5, 0.6) is 0 Å².